The van der Waals surface area contributed by atoms with Gasteiger partial charge in [0, 0.05) is 12.1 Å². The van der Waals surface area contributed by atoms with Crippen molar-refractivity contribution in [3.8, 4) is 5.75 Å². The normalized spacial score (nSPS) is 22.8. The fraction of sp³-hybridized carbons (Fsp3) is 0.500. The third-order valence-corrected chi connectivity index (χ3v) is 6.68. The molecule has 0 amide bonds. The number of nitrogens with one attached hydrogen (secondary N) is 1. The number of rotatable bonds is 10. The Kier molecular flexibility index (Phi) is 8.48. The quantitative estimate of drug-likeness (QED) is 0.374. The highest BCUT2D eigenvalue weighted by Gasteiger charge is 2.38. The molecule has 2 unspecified atom stereocenters. The lowest BCUT2D eigenvalue weighted by Crippen LogP contribution is -2.36. The van der Waals surface area contributed by atoms with E-state index in [2.05, 4.69) is 10.1 Å². The molecule has 186 valence electrons. The van der Waals surface area contributed by atoms with Gasteiger partial charge in [0.05, 0.1) is 18.8 Å². The summed E-state index contributed by atoms with van der Waals surface area (Å²) in [7, 11) is -4.00. The van der Waals surface area contributed by atoms with Crippen molar-refractivity contribution in [2.75, 3.05) is 12.3 Å². The Morgan fingerprint density at radius 1 is 1.29 bits per heavy atom. The second kappa shape index (κ2) is 11.1. The number of benzene rings is 1. The minimum Gasteiger partial charge on any atom is -0.462 e. The number of esters is 1. The van der Waals surface area contributed by atoms with Gasteiger partial charge < -0.3 is 19.7 Å². The van der Waals surface area contributed by atoms with E-state index in [1.165, 1.54) is 23.8 Å². The van der Waals surface area contributed by atoms with Crippen LogP contribution in [0.15, 0.2) is 47.4 Å². The van der Waals surface area contributed by atoms with Crippen molar-refractivity contribution >= 4 is 19.5 Å². The summed E-state index contributed by atoms with van der Waals surface area (Å²) in [5.74, 6) is -0.196. The predicted molar refractivity (Wildman–Crippen MR) is 125 cm³/mol. The minimum absolute atomic E-state index is 0.0425. The average molecular weight is 494 g/mol. The summed E-state index contributed by atoms with van der Waals surface area (Å²) in [5.41, 5.74) is 5.05. The first kappa shape index (κ1) is 25.9. The Labute approximate surface area is 198 Å². The molecule has 0 bridgehead atoms. The molecule has 0 saturated carbocycles. The number of anilines is 1. The van der Waals surface area contributed by atoms with Crippen LogP contribution in [0.5, 0.6) is 5.75 Å². The van der Waals surface area contributed by atoms with Gasteiger partial charge in [-0.25, -0.2) is 9.36 Å². The van der Waals surface area contributed by atoms with Gasteiger partial charge in [-0.3, -0.25) is 13.9 Å². The Morgan fingerprint density at radius 3 is 2.65 bits per heavy atom. The molecule has 11 nitrogen and oxygen atoms in total. The first-order chi connectivity index (χ1) is 16.1. The van der Waals surface area contributed by atoms with E-state index < -0.39 is 37.8 Å². The van der Waals surface area contributed by atoms with Crippen LogP contribution in [0.4, 0.5) is 5.82 Å². The fourth-order valence-corrected chi connectivity index (χ4v) is 5.02. The van der Waals surface area contributed by atoms with Crippen LogP contribution >= 0.6 is 7.75 Å². The number of ether oxygens (including phenoxy) is 2. The Morgan fingerprint density at radius 2 is 2.00 bits per heavy atom. The first-order valence-corrected chi connectivity index (χ1v) is 12.6. The molecule has 0 spiro atoms. The molecule has 1 aliphatic rings. The molecular formula is C22H31N4O7P. The predicted octanol–water partition coefficient (Wildman–Crippen LogP) is 2.88. The Balaban J connectivity index is 1.70. The minimum atomic E-state index is -4.00. The molecule has 3 rings (SSSR count). The SMILES string of the molecule is CC(C)OC(=O)[C@H](C)NP(=O)(OCC1C[C@H](C)[C@H](n2ccc(N)nc2=O)O1)Oc1ccccc1. The lowest BCUT2D eigenvalue weighted by molar-refractivity contribution is -0.149. The summed E-state index contributed by atoms with van der Waals surface area (Å²) in [4.78, 5) is 28.2. The summed E-state index contributed by atoms with van der Waals surface area (Å²) >= 11 is 0. The second-order valence-corrected chi connectivity index (χ2v) is 10.1. The van der Waals surface area contributed by atoms with Gasteiger partial charge in [0.2, 0.25) is 0 Å². The van der Waals surface area contributed by atoms with Crippen molar-refractivity contribution < 1.29 is 27.9 Å². The molecule has 34 heavy (non-hydrogen) atoms. The van der Waals surface area contributed by atoms with E-state index in [-0.39, 0.29) is 24.4 Å². The number of para-hydroxylation sites is 1. The van der Waals surface area contributed by atoms with E-state index in [4.69, 9.17) is 24.3 Å². The summed E-state index contributed by atoms with van der Waals surface area (Å²) in [6, 6.07) is 9.05. The number of carbonyl (C=O) groups is 1. The van der Waals surface area contributed by atoms with E-state index in [1.807, 2.05) is 6.92 Å². The fourth-order valence-electron chi connectivity index (χ4n) is 3.50. The second-order valence-electron chi connectivity index (χ2n) is 8.44. The number of nitrogens with zero attached hydrogens (tertiary/aromatic N) is 2. The van der Waals surface area contributed by atoms with Crippen molar-refractivity contribution in [3.05, 3.63) is 53.1 Å². The smallest absolute Gasteiger partial charge is 0.459 e. The number of nitrogens with two attached hydrogens (primary N) is 1. The van der Waals surface area contributed by atoms with Gasteiger partial charge in [0.25, 0.3) is 0 Å². The zero-order valence-corrected chi connectivity index (χ0v) is 20.5. The standard InChI is InChI=1S/C22H31N4O7P/c1-14(2)31-21(27)16(4)25-34(29,33-17-8-6-5-7-9-17)30-13-18-12-15(3)20(32-18)26-11-10-19(23)24-22(26)28/h5-11,14-16,18,20H,12-13H2,1-4H3,(H,25,29)(H2,23,24,28)/t15-,16-,18?,20+,34?/m0/s1. The molecule has 5 atom stereocenters. The largest absolute Gasteiger partial charge is 0.462 e. The van der Waals surface area contributed by atoms with Crippen molar-refractivity contribution in [1.29, 1.82) is 0 Å². The zero-order valence-electron chi connectivity index (χ0n) is 19.6. The summed E-state index contributed by atoms with van der Waals surface area (Å²) in [5, 5.41) is 2.64. The molecule has 3 N–H and O–H groups in total. The highest BCUT2D eigenvalue weighted by molar-refractivity contribution is 7.52. The van der Waals surface area contributed by atoms with Crippen molar-refractivity contribution in [2.24, 2.45) is 5.92 Å². The van der Waals surface area contributed by atoms with Gasteiger partial charge in [-0.15, -0.1) is 0 Å². The van der Waals surface area contributed by atoms with E-state index in [1.54, 1.807) is 44.2 Å². The topological polar surface area (TPSA) is 144 Å². The van der Waals surface area contributed by atoms with Crippen molar-refractivity contribution in [3.63, 3.8) is 0 Å². The van der Waals surface area contributed by atoms with Gasteiger partial charge in [-0.05, 0) is 45.4 Å². The lowest BCUT2D eigenvalue weighted by Gasteiger charge is -2.24. The van der Waals surface area contributed by atoms with Crippen molar-refractivity contribution in [1.82, 2.24) is 14.6 Å². The van der Waals surface area contributed by atoms with E-state index >= 15 is 0 Å². The van der Waals surface area contributed by atoms with Gasteiger partial charge in [0.1, 0.15) is 23.8 Å². The summed E-state index contributed by atoms with van der Waals surface area (Å²) < 4.78 is 37.4. The molecule has 1 aromatic carbocycles. The molecule has 2 aromatic rings. The van der Waals surface area contributed by atoms with Crippen LogP contribution in [0.2, 0.25) is 0 Å². The molecular weight excluding hydrogens is 463 g/mol. The Hall–Kier alpha value is -2.72. The van der Waals surface area contributed by atoms with E-state index in [0.29, 0.717) is 12.2 Å². The van der Waals surface area contributed by atoms with Crippen LogP contribution < -0.4 is 21.0 Å². The van der Waals surface area contributed by atoms with Gasteiger partial charge >= 0.3 is 19.4 Å². The van der Waals surface area contributed by atoms with Gasteiger partial charge in [0.15, 0.2) is 0 Å². The van der Waals surface area contributed by atoms with Crippen LogP contribution in [-0.4, -0.2) is 40.4 Å². The number of carbonyl (C=O) groups excluding carboxylic acids is 1. The molecule has 1 aliphatic heterocycles. The highest BCUT2D eigenvalue weighted by atomic mass is 31.2. The number of aromatic nitrogens is 2. The number of hydrogen-bond acceptors (Lipinski definition) is 9. The van der Waals surface area contributed by atoms with Gasteiger partial charge in [-0.2, -0.15) is 10.1 Å². The molecule has 2 heterocycles. The monoisotopic (exact) mass is 494 g/mol. The van der Waals surface area contributed by atoms with Crippen molar-refractivity contribution in [2.45, 2.75) is 58.6 Å². The molecule has 1 fully saturated rings. The van der Waals surface area contributed by atoms with Crippen LogP contribution in [0.25, 0.3) is 0 Å². The first-order valence-electron chi connectivity index (χ1n) is 11.0. The number of nitrogen functional groups attached to an aromatic ring is 1. The number of hydrogen-bond donors (Lipinski definition) is 2. The Bertz CT molecular complexity index is 1080. The summed E-state index contributed by atoms with van der Waals surface area (Å²) in [6.45, 7) is 6.78. The molecule has 1 saturated heterocycles. The average Bonchev–Trinajstić information content (AvgIpc) is 3.13. The maximum absolute atomic E-state index is 13.6. The van der Waals surface area contributed by atoms with E-state index in [9.17, 15) is 14.2 Å². The van der Waals surface area contributed by atoms with Crippen LogP contribution in [0.3, 0.4) is 0 Å². The maximum Gasteiger partial charge on any atom is 0.459 e. The van der Waals surface area contributed by atoms with Gasteiger partial charge in [-0.1, -0.05) is 25.1 Å². The third-order valence-electron chi connectivity index (χ3n) is 5.04. The summed E-state index contributed by atoms with van der Waals surface area (Å²) in [6.07, 6.45) is 0.692. The van der Waals surface area contributed by atoms with Crippen LogP contribution in [-0.2, 0) is 23.4 Å². The molecule has 1 aromatic heterocycles. The van der Waals surface area contributed by atoms with E-state index in [0.717, 1.165) is 0 Å². The lowest BCUT2D eigenvalue weighted by atomic mass is 10.1. The highest BCUT2D eigenvalue weighted by Crippen LogP contribution is 2.46. The van der Waals surface area contributed by atoms with Crippen LogP contribution in [0, 0.1) is 5.92 Å². The zero-order chi connectivity index (χ0) is 24.9. The molecule has 0 aliphatic carbocycles. The third kappa shape index (κ3) is 6.89. The molecule has 0 radical (unpaired) electrons. The van der Waals surface area contributed by atoms with Crippen LogP contribution in [0.1, 0.15) is 40.3 Å². The molecule has 12 heteroatoms. The maximum atomic E-state index is 13.6.